The number of ether oxygens (including phenoxy) is 1. The van der Waals surface area contributed by atoms with Crippen molar-refractivity contribution in [3.8, 4) is 0 Å². The van der Waals surface area contributed by atoms with Gasteiger partial charge in [0, 0.05) is 33.4 Å². The molecule has 0 saturated heterocycles. The van der Waals surface area contributed by atoms with E-state index in [9.17, 15) is 0 Å². The van der Waals surface area contributed by atoms with Gasteiger partial charge in [0.15, 0.2) is 5.96 Å². The van der Waals surface area contributed by atoms with Gasteiger partial charge in [-0.1, -0.05) is 26.2 Å². The van der Waals surface area contributed by atoms with Crippen LogP contribution in [0.15, 0.2) is 4.99 Å². The molecule has 0 bridgehead atoms. The zero-order valence-corrected chi connectivity index (χ0v) is 13.6. The maximum absolute atomic E-state index is 5.32. The van der Waals surface area contributed by atoms with Crippen LogP contribution in [0.2, 0.25) is 0 Å². The van der Waals surface area contributed by atoms with Crippen LogP contribution in [0.4, 0.5) is 0 Å². The lowest BCUT2D eigenvalue weighted by Gasteiger charge is -2.28. The van der Waals surface area contributed by atoms with E-state index in [0.717, 1.165) is 50.5 Å². The number of nitrogens with one attached hydrogen (secondary N) is 2. The first-order valence-corrected chi connectivity index (χ1v) is 8.32. The maximum atomic E-state index is 5.32. The van der Waals surface area contributed by atoms with Gasteiger partial charge in [-0.3, -0.25) is 4.99 Å². The monoisotopic (exact) mass is 283 g/mol. The summed E-state index contributed by atoms with van der Waals surface area (Å²) in [5, 5.41) is 6.81. The van der Waals surface area contributed by atoms with E-state index in [1.165, 1.54) is 32.1 Å². The highest BCUT2D eigenvalue weighted by molar-refractivity contribution is 5.79. The van der Waals surface area contributed by atoms with Gasteiger partial charge in [0.25, 0.3) is 0 Å². The average Bonchev–Trinajstić information content (AvgIpc) is 2.50. The summed E-state index contributed by atoms with van der Waals surface area (Å²) in [6.07, 6.45) is 7.92. The molecule has 1 rings (SSSR count). The number of rotatable bonds is 8. The molecule has 2 N–H and O–H groups in total. The minimum atomic E-state index is 0.799. The summed E-state index contributed by atoms with van der Waals surface area (Å²) in [4.78, 5) is 4.27. The summed E-state index contributed by atoms with van der Waals surface area (Å²) in [6, 6.07) is 0. The third-order valence-electron chi connectivity index (χ3n) is 4.29. The second-order valence-electron chi connectivity index (χ2n) is 5.73. The molecule has 1 aliphatic rings. The SMILES string of the molecule is CCOCCCNC(=NC)NCC1CCC(CC)CC1. The van der Waals surface area contributed by atoms with E-state index in [2.05, 4.69) is 22.5 Å². The van der Waals surface area contributed by atoms with Crippen LogP contribution < -0.4 is 10.6 Å². The first-order chi connectivity index (χ1) is 9.80. The predicted molar refractivity (Wildman–Crippen MR) is 86.2 cm³/mol. The Morgan fingerprint density at radius 2 is 1.80 bits per heavy atom. The van der Waals surface area contributed by atoms with Gasteiger partial charge in [-0.05, 0) is 38.0 Å². The van der Waals surface area contributed by atoms with Crippen molar-refractivity contribution in [3.63, 3.8) is 0 Å². The molecule has 0 aliphatic heterocycles. The fraction of sp³-hybridized carbons (Fsp3) is 0.938. The molecule has 1 saturated carbocycles. The molecular formula is C16H33N3O. The van der Waals surface area contributed by atoms with Crippen LogP contribution in [0, 0.1) is 11.8 Å². The summed E-state index contributed by atoms with van der Waals surface area (Å²) >= 11 is 0. The Morgan fingerprint density at radius 3 is 2.40 bits per heavy atom. The van der Waals surface area contributed by atoms with Crippen LogP contribution in [0.5, 0.6) is 0 Å². The molecule has 0 spiro atoms. The highest BCUT2D eigenvalue weighted by Gasteiger charge is 2.19. The number of hydrogen-bond acceptors (Lipinski definition) is 2. The minimum Gasteiger partial charge on any atom is -0.382 e. The Balaban J connectivity index is 2.09. The molecule has 1 fully saturated rings. The van der Waals surface area contributed by atoms with Gasteiger partial charge in [0.1, 0.15) is 0 Å². The fourth-order valence-electron chi connectivity index (χ4n) is 2.83. The third-order valence-corrected chi connectivity index (χ3v) is 4.29. The summed E-state index contributed by atoms with van der Waals surface area (Å²) < 4.78 is 5.32. The lowest BCUT2D eigenvalue weighted by Crippen LogP contribution is -2.41. The van der Waals surface area contributed by atoms with Crippen molar-refractivity contribution in [3.05, 3.63) is 0 Å². The lowest BCUT2D eigenvalue weighted by molar-refractivity contribution is 0.145. The highest BCUT2D eigenvalue weighted by Crippen LogP contribution is 2.29. The lowest BCUT2D eigenvalue weighted by atomic mass is 9.81. The van der Waals surface area contributed by atoms with Crippen molar-refractivity contribution < 1.29 is 4.74 Å². The molecule has 0 atom stereocenters. The summed E-state index contributed by atoms with van der Waals surface area (Å²) in [5.41, 5.74) is 0. The predicted octanol–water partition coefficient (Wildman–Crippen LogP) is 2.79. The van der Waals surface area contributed by atoms with Gasteiger partial charge >= 0.3 is 0 Å². The molecule has 4 nitrogen and oxygen atoms in total. The van der Waals surface area contributed by atoms with Crippen LogP contribution in [-0.4, -0.2) is 39.3 Å². The summed E-state index contributed by atoms with van der Waals surface area (Å²) in [5.74, 6) is 2.72. The molecule has 0 amide bonds. The van der Waals surface area contributed by atoms with Crippen LogP contribution in [0.1, 0.15) is 52.4 Å². The van der Waals surface area contributed by atoms with Crippen molar-refractivity contribution in [2.24, 2.45) is 16.8 Å². The van der Waals surface area contributed by atoms with E-state index in [-0.39, 0.29) is 0 Å². The zero-order chi connectivity index (χ0) is 14.6. The normalized spacial score (nSPS) is 23.6. The Kier molecular flexibility index (Phi) is 9.46. The molecule has 0 aromatic rings. The van der Waals surface area contributed by atoms with E-state index in [1.807, 2.05) is 14.0 Å². The van der Waals surface area contributed by atoms with Crippen LogP contribution in [0.3, 0.4) is 0 Å². The van der Waals surface area contributed by atoms with Crippen LogP contribution in [0.25, 0.3) is 0 Å². The van der Waals surface area contributed by atoms with Gasteiger partial charge in [-0.25, -0.2) is 0 Å². The average molecular weight is 283 g/mol. The van der Waals surface area contributed by atoms with Crippen molar-refractivity contribution in [1.82, 2.24) is 10.6 Å². The molecule has 4 heteroatoms. The first kappa shape index (κ1) is 17.3. The number of nitrogens with zero attached hydrogens (tertiary/aromatic N) is 1. The van der Waals surface area contributed by atoms with E-state index in [4.69, 9.17) is 4.74 Å². The number of hydrogen-bond donors (Lipinski definition) is 2. The van der Waals surface area contributed by atoms with Gasteiger partial charge in [-0.15, -0.1) is 0 Å². The van der Waals surface area contributed by atoms with Gasteiger partial charge in [0.2, 0.25) is 0 Å². The molecule has 1 aliphatic carbocycles. The van der Waals surface area contributed by atoms with Crippen molar-refractivity contribution in [2.75, 3.05) is 33.4 Å². The first-order valence-electron chi connectivity index (χ1n) is 8.32. The molecular weight excluding hydrogens is 250 g/mol. The van der Waals surface area contributed by atoms with Crippen LogP contribution in [-0.2, 0) is 4.74 Å². The second kappa shape index (κ2) is 11.0. The molecule has 20 heavy (non-hydrogen) atoms. The topological polar surface area (TPSA) is 45.6 Å². The van der Waals surface area contributed by atoms with Gasteiger partial charge in [0.05, 0.1) is 0 Å². The van der Waals surface area contributed by atoms with Crippen molar-refractivity contribution in [1.29, 1.82) is 0 Å². The molecule has 0 heterocycles. The largest absolute Gasteiger partial charge is 0.382 e. The smallest absolute Gasteiger partial charge is 0.190 e. The Bertz CT molecular complexity index is 260. The molecule has 0 aromatic heterocycles. The number of aliphatic imine (C=N–C) groups is 1. The Morgan fingerprint density at radius 1 is 1.10 bits per heavy atom. The van der Waals surface area contributed by atoms with Crippen molar-refractivity contribution >= 4 is 5.96 Å². The number of guanidine groups is 1. The van der Waals surface area contributed by atoms with E-state index >= 15 is 0 Å². The van der Waals surface area contributed by atoms with Crippen LogP contribution >= 0.6 is 0 Å². The Hall–Kier alpha value is -0.770. The zero-order valence-electron chi connectivity index (χ0n) is 13.6. The van der Waals surface area contributed by atoms with Gasteiger partial charge in [-0.2, -0.15) is 0 Å². The second-order valence-corrected chi connectivity index (χ2v) is 5.73. The Labute approximate surface area is 124 Å². The summed E-state index contributed by atoms with van der Waals surface area (Å²) in [6.45, 7) is 7.94. The fourth-order valence-corrected chi connectivity index (χ4v) is 2.83. The molecule has 0 aromatic carbocycles. The minimum absolute atomic E-state index is 0.799. The quantitative estimate of drug-likeness (QED) is 0.409. The standard InChI is InChI=1S/C16H33N3O/c1-4-14-7-9-15(10-8-14)13-19-16(17-3)18-11-6-12-20-5-2/h14-15H,4-13H2,1-3H3,(H2,17,18,19). The summed E-state index contributed by atoms with van der Waals surface area (Å²) in [7, 11) is 1.84. The highest BCUT2D eigenvalue weighted by atomic mass is 16.5. The molecule has 0 radical (unpaired) electrons. The maximum Gasteiger partial charge on any atom is 0.190 e. The van der Waals surface area contributed by atoms with E-state index in [0.29, 0.717) is 0 Å². The third kappa shape index (κ3) is 7.13. The van der Waals surface area contributed by atoms with E-state index < -0.39 is 0 Å². The molecule has 0 unspecified atom stereocenters. The van der Waals surface area contributed by atoms with Crippen molar-refractivity contribution in [2.45, 2.75) is 52.4 Å². The van der Waals surface area contributed by atoms with E-state index in [1.54, 1.807) is 0 Å². The van der Waals surface area contributed by atoms with Gasteiger partial charge < -0.3 is 15.4 Å². The molecule has 118 valence electrons.